The number of thioether (sulfide) groups is 1. The van der Waals surface area contributed by atoms with Gasteiger partial charge in [-0.15, -0.1) is 10.2 Å². The van der Waals surface area contributed by atoms with E-state index in [1.807, 2.05) is 0 Å². The van der Waals surface area contributed by atoms with Crippen LogP contribution in [0.5, 0.6) is 0 Å². The fraction of sp³-hybridized carbons (Fsp3) is 0.294. The SMILES string of the molecule is CCn1c(Cc2cccn2C)nnc1SCc1ccc(Br)cc1. The average molecular weight is 391 g/mol. The monoisotopic (exact) mass is 390 g/mol. The number of hydrogen-bond donors (Lipinski definition) is 0. The molecule has 2 aromatic heterocycles. The molecule has 0 amide bonds. The summed E-state index contributed by atoms with van der Waals surface area (Å²) in [6, 6.07) is 12.6. The Hall–Kier alpha value is -1.53. The van der Waals surface area contributed by atoms with Gasteiger partial charge in [-0.05, 0) is 36.8 Å². The molecule has 0 aliphatic heterocycles. The van der Waals surface area contributed by atoms with Crippen molar-refractivity contribution in [2.75, 3.05) is 0 Å². The lowest BCUT2D eigenvalue weighted by Gasteiger charge is -2.08. The zero-order chi connectivity index (χ0) is 16.2. The number of aromatic nitrogens is 4. The third-order valence-corrected chi connectivity index (χ3v) is 5.35. The van der Waals surface area contributed by atoms with Crippen LogP contribution >= 0.6 is 27.7 Å². The van der Waals surface area contributed by atoms with E-state index in [1.54, 1.807) is 11.8 Å². The fourth-order valence-electron chi connectivity index (χ4n) is 2.44. The van der Waals surface area contributed by atoms with Crippen LogP contribution in [0.1, 0.15) is 24.0 Å². The smallest absolute Gasteiger partial charge is 0.191 e. The van der Waals surface area contributed by atoms with Crippen molar-refractivity contribution in [1.29, 1.82) is 0 Å². The van der Waals surface area contributed by atoms with Gasteiger partial charge >= 0.3 is 0 Å². The normalized spacial score (nSPS) is 11.1. The van der Waals surface area contributed by atoms with E-state index in [9.17, 15) is 0 Å². The molecule has 0 N–H and O–H groups in total. The van der Waals surface area contributed by atoms with Gasteiger partial charge in [-0.2, -0.15) is 0 Å². The van der Waals surface area contributed by atoms with Crippen molar-refractivity contribution in [3.8, 4) is 0 Å². The van der Waals surface area contributed by atoms with Crippen LogP contribution in [0.15, 0.2) is 52.2 Å². The van der Waals surface area contributed by atoms with Gasteiger partial charge in [0, 0.05) is 42.1 Å². The van der Waals surface area contributed by atoms with E-state index in [2.05, 4.69) is 91.8 Å². The molecule has 0 spiro atoms. The molecule has 0 aliphatic carbocycles. The molecule has 0 saturated heterocycles. The first kappa shape index (κ1) is 16.3. The quantitative estimate of drug-likeness (QED) is 0.589. The second-order valence-corrected chi connectivity index (χ2v) is 7.20. The highest BCUT2D eigenvalue weighted by molar-refractivity contribution is 9.10. The van der Waals surface area contributed by atoms with E-state index in [-0.39, 0.29) is 0 Å². The number of nitrogens with zero attached hydrogens (tertiary/aromatic N) is 4. The summed E-state index contributed by atoms with van der Waals surface area (Å²) in [7, 11) is 2.06. The Bertz CT molecular complexity index is 776. The van der Waals surface area contributed by atoms with E-state index in [1.165, 1.54) is 11.3 Å². The van der Waals surface area contributed by atoms with E-state index >= 15 is 0 Å². The maximum Gasteiger partial charge on any atom is 0.191 e. The van der Waals surface area contributed by atoms with E-state index in [4.69, 9.17) is 0 Å². The van der Waals surface area contributed by atoms with Gasteiger partial charge in [-0.1, -0.05) is 39.8 Å². The van der Waals surface area contributed by atoms with Crippen LogP contribution in [-0.2, 0) is 25.8 Å². The lowest BCUT2D eigenvalue weighted by atomic mass is 10.2. The van der Waals surface area contributed by atoms with Crippen molar-refractivity contribution >= 4 is 27.7 Å². The standard InChI is InChI=1S/C17H19BrN4S/c1-3-22-16(11-15-5-4-10-21(15)2)19-20-17(22)23-12-13-6-8-14(18)9-7-13/h4-10H,3,11-12H2,1-2H3. The first-order chi connectivity index (χ1) is 11.2. The highest BCUT2D eigenvalue weighted by Crippen LogP contribution is 2.23. The number of hydrogen-bond acceptors (Lipinski definition) is 3. The highest BCUT2D eigenvalue weighted by atomic mass is 79.9. The second kappa shape index (κ2) is 7.36. The Morgan fingerprint density at radius 2 is 1.91 bits per heavy atom. The second-order valence-electron chi connectivity index (χ2n) is 5.35. The minimum Gasteiger partial charge on any atom is -0.354 e. The zero-order valence-corrected chi connectivity index (χ0v) is 15.6. The maximum absolute atomic E-state index is 4.40. The molecule has 6 heteroatoms. The van der Waals surface area contributed by atoms with Crippen molar-refractivity contribution in [2.24, 2.45) is 7.05 Å². The van der Waals surface area contributed by atoms with Crippen molar-refractivity contribution in [3.05, 3.63) is 64.1 Å². The first-order valence-corrected chi connectivity index (χ1v) is 9.34. The predicted molar refractivity (Wildman–Crippen MR) is 97.6 cm³/mol. The molecule has 0 saturated carbocycles. The van der Waals surface area contributed by atoms with Gasteiger partial charge in [0.15, 0.2) is 5.16 Å². The molecule has 0 unspecified atom stereocenters. The van der Waals surface area contributed by atoms with Gasteiger partial charge in [0.2, 0.25) is 0 Å². The number of rotatable bonds is 6. The molecule has 120 valence electrons. The molecule has 0 bridgehead atoms. The predicted octanol–water partition coefficient (Wildman–Crippen LogP) is 4.28. The van der Waals surface area contributed by atoms with Gasteiger partial charge in [-0.3, -0.25) is 0 Å². The van der Waals surface area contributed by atoms with Crippen LogP contribution < -0.4 is 0 Å². The zero-order valence-electron chi connectivity index (χ0n) is 13.2. The summed E-state index contributed by atoms with van der Waals surface area (Å²) < 4.78 is 5.44. The van der Waals surface area contributed by atoms with Gasteiger partial charge in [0.05, 0.1) is 0 Å². The molecule has 23 heavy (non-hydrogen) atoms. The van der Waals surface area contributed by atoms with Gasteiger partial charge < -0.3 is 9.13 Å². The Labute approximate surface area is 149 Å². The van der Waals surface area contributed by atoms with Gasteiger partial charge in [0.1, 0.15) is 5.82 Å². The van der Waals surface area contributed by atoms with Gasteiger partial charge in [0.25, 0.3) is 0 Å². The maximum atomic E-state index is 4.40. The van der Waals surface area contributed by atoms with Crippen molar-refractivity contribution in [3.63, 3.8) is 0 Å². The van der Waals surface area contributed by atoms with Crippen molar-refractivity contribution in [1.82, 2.24) is 19.3 Å². The molecular weight excluding hydrogens is 372 g/mol. The molecule has 1 aromatic carbocycles. The Balaban J connectivity index is 1.73. The summed E-state index contributed by atoms with van der Waals surface area (Å²) in [6.07, 6.45) is 2.87. The average Bonchev–Trinajstić information content (AvgIpc) is 3.13. The Morgan fingerprint density at radius 3 is 2.57 bits per heavy atom. The Kier molecular flexibility index (Phi) is 5.23. The fourth-order valence-corrected chi connectivity index (χ4v) is 3.69. The third kappa shape index (κ3) is 3.87. The molecule has 0 atom stereocenters. The minimum atomic E-state index is 0.809. The molecule has 2 heterocycles. The molecule has 3 rings (SSSR count). The lowest BCUT2D eigenvalue weighted by Crippen LogP contribution is -2.06. The first-order valence-electron chi connectivity index (χ1n) is 7.57. The van der Waals surface area contributed by atoms with Crippen LogP contribution in [0, 0.1) is 0 Å². The molecule has 0 radical (unpaired) electrons. The van der Waals surface area contributed by atoms with Crippen molar-refractivity contribution < 1.29 is 0 Å². The third-order valence-electron chi connectivity index (χ3n) is 3.78. The van der Waals surface area contributed by atoms with E-state index in [0.29, 0.717) is 0 Å². The largest absolute Gasteiger partial charge is 0.354 e. The topological polar surface area (TPSA) is 35.6 Å². The number of halogens is 1. The van der Waals surface area contributed by atoms with Crippen LogP contribution in [0.3, 0.4) is 0 Å². The molecule has 3 aromatic rings. The van der Waals surface area contributed by atoms with E-state index < -0.39 is 0 Å². The molecule has 4 nitrogen and oxygen atoms in total. The Morgan fingerprint density at radius 1 is 1.13 bits per heavy atom. The number of aryl methyl sites for hydroxylation is 1. The van der Waals surface area contributed by atoms with Crippen LogP contribution in [0.2, 0.25) is 0 Å². The van der Waals surface area contributed by atoms with Gasteiger partial charge in [-0.25, -0.2) is 0 Å². The molecule has 0 aliphatic rings. The summed E-state index contributed by atoms with van der Waals surface area (Å²) in [5.41, 5.74) is 2.53. The number of benzene rings is 1. The van der Waals surface area contributed by atoms with Crippen LogP contribution in [-0.4, -0.2) is 19.3 Å². The molecular formula is C17H19BrN4S. The summed E-state index contributed by atoms with van der Waals surface area (Å²) in [5.74, 6) is 1.92. The molecule has 0 fully saturated rings. The van der Waals surface area contributed by atoms with Crippen LogP contribution in [0.25, 0.3) is 0 Å². The summed E-state index contributed by atoms with van der Waals surface area (Å²) >= 11 is 5.20. The summed E-state index contributed by atoms with van der Waals surface area (Å²) in [5, 5.41) is 9.77. The van der Waals surface area contributed by atoms with E-state index in [0.717, 1.165) is 34.2 Å². The van der Waals surface area contributed by atoms with Crippen molar-refractivity contribution in [2.45, 2.75) is 30.8 Å². The minimum absolute atomic E-state index is 0.809. The summed E-state index contributed by atoms with van der Waals surface area (Å²) in [6.45, 7) is 3.02. The van der Waals surface area contributed by atoms with Crippen LogP contribution in [0.4, 0.5) is 0 Å². The summed E-state index contributed by atoms with van der Waals surface area (Å²) in [4.78, 5) is 0. The highest BCUT2D eigenvalue weighted by Gasteiger charge is 2.13. The lowest BCUT2D eigenvalue weighted by molar-refractivity contribution is 0.645.